The van der Waals surface area contributed by atoms with E-state index in [4.69, 9.17) is 17.3 Å². The van der Waals surface area contributed by atoms with Crippen LogP contribution in [0.3, 0.4) is 0 Å². The van der Waals surface area contributed by atoms with Gasteiger partial charge in [-0.25, -0.2) is 19.9 Å². The van der Waals surface area contributed by atoms with Gasteiger partial charge in [0, 0.05) is 5.69 Å². The number of nitrogens with two attached hydrogens (primary N) is 1. The summed E-state index contributed by atoms with van der Waals surface area (Å²) in [5.74, 6) is 0.0129. The van der Waals surface area contributed by atoms with E-state index in [0.29, 0.717) is 5.69 Å². The number of anilines is 2. The number of hydrogen-bond acceptors (Lipinski definition) is 6. The lowest BCUT2D eigenvalue weighted by molar-refractivity contribution is 0.102. The summed E-state index contributed by atoms with van der Waals surface area (Å²) in [6.07, 6.45) is 0. The molecular weight excluding hydrogens is 316 g/mol. The standard InChI is InChI=1S/C15H19ClN6O/c1-7(2)9-5-11(19-14(17)18-9)13(23)22-15-20-10(8(3)4)6-12(16)21-15/h5-8H,1-4H3,(H2,17,18,19)(H,20,21,22,23). The van der Waals surface area contributed by atoms with Gasteiger partial charge in [0.25, 0.3) is 5.91 Å². The number of halogens is 1. The van der Waals surface area contributed by atoms with Crippen LogP contribution < -0.4 is 11.1 Å². The number of nitrogen functional groups attached to an aromatic ring is 1. The van der Waals surface area contributed by atoms with Crippen molar-refractivity contribution >= 4 is 29.4 Å². The van der Waals surface area contributed by atoms with Crippen LogP contribution in [0, 0.1) is 0 Å². The summed E-state index contributed by atoms with van der Waals surface area (Å²) in [4.78, 5) is 28.7. The van der Waals surface area contributed by atoms with Crippen molar-refractivity contribution in [1.29, 1.82) is 0 Å². The van der Waals surface area contributed by atoms with Gasteiger partial charge < -0.3 is 5.73 Å². The van der Waals surface area contributed by atoms with Crippen LogP contribution in [0.5, 0.6) is 0 Å². The summed E-state index contributed by atoms with van der Waals surface area (Å²) in [5.41, 5.74) is 7.26. The average Bonchev–Trinajstić information content (AvgIpc) is 2.45. The van der Waals surface area contributed by atoms with Gasteiger partial charge in [-0.3, -0.25) is 10.1 Å². The first kappa shape index (κ1) is 17.1. The minimum absolute atomic E-state index is 0.0521. The van der Waals surface area contributed by atoms with Crippen molar-refractivity contribution in [3.05, 3.63) is 34.4 Å². The van der Waals surface area contributed by atoms with Crippen LogP contribution in [0.25, 0.3) is 0 Å². The molecular formula is C15H19ClN6O. The van der Waals surface area contributed by atoms with E-state index in [1.165, 1.54) is 0 Å². The fourth-order valence-corrected chi connectivity index (χ4v) is 2.04. The topological polar surface area (TPSA) is 107 Å². The number of rotatable bonds is 4. The second-order valence-electron chi connectivity index (χ2n) is 5.74. The van der Waals surface area contributed by atoms with E-state index in [9.17, 15) is 4.79 Å². The van der Waals surface area contributed by atoms with Crippen molar-refractivity contribution < 1.29 is 4.79 Å². The van der Waals surface area contributed by atoms with Crippen LogP contribution in [-0.2, 0) is 0 Å². The van der Waals surface area contributed by atoms with Crippen molar-refractivity contribution in [2.24, 2.45) is 0 Å². The second-order valence-corrected chi connectivity index (χ2v) is 6.13. The molecule has 2 heterocycles. The molecule has 0 bridgehead atoms. The van der Waals surface area contributed by atoms with Crippen molar-refractivity contribution in [3.63, 3.8) is 0 Å². The molecule has 23 heavy (non-hydrogen) atoms. The summed E-state index contributed by atoms with van der Waals surface area (Å²) in [6, 6.07) is 3.27. The molecule has 0 aromatic carbocycles. The van der Waals surface area contributed by atoms with Gasteiger partial charge in [0.05, 0.1) is 5.69 Å². The Balaban J connectivity index is 2.29. The third-order valence-corrected chi connectivity index (χ3v) is 3.31. The van der Waals surface area contributed by atoms with E-state index >= 15 is 0 Å². The van der Waals surface area contributed by atoms with Crippen molar-refractivity contribution in [2.45, 2.75) is 39.5 Å². The number of carbonyl (C=O) groups excluding carboxylic acids is 1. The highest BCUT2D eigenvalue weighted by Gasteiger charge is 2.15. The van der Waals surface area contributed by atoms with Gasteiger partial charge in [-0.05, 0) is 24.0 Å². The molecule has 1 amide bonds. The molecule has 0 unspecified atom stereocenters. The molecule has 7 nitrogen and oxygen atoms in total. The largest absolute Gasteiger partial charge is 0.368 e. The smallest absolute Gasteiger partial charge is 0.276 e. The van der Waals surface area contributed by atoms with Crippen LogP contribution in [0.4, 0.5) is 11.9 Å². The number of amides is 1. The summed E-state index contributed by atoms with van der Waals surface area (Å²) in [5, 5.41) is 2.86. The Bertz CT molecular complexity index is 732. The molecule has 8 heteroatoms. The summed E-state index contributed by atoms with van der Waals surface area (Å²) >= 11 is 5.97. The first-order chi connectivity index (χ1) is 10.8. The van der Waals surface area contributed by atoms with Gasteiger partial charge in [0.1, 0.15) is 10.8 Å². The highest BCUT2D eigenvalue weighted by Crippen LogP contribution is 2.18. The first-order valence-corrected chi connectivity index (χ1v) is 7.64. The molecule has 0 saturated carbocycles. The van der Waals surface area contributed by atoms with E-state index in [1.807, 2.05) is 27.7 Å². The fourth-order valence-electron chi connectivity index (χ4n) is 1.85. The normalized spacial score (nSPS) is 11.1. The summed E-state index contributed by atoms with van der Waals surface area (Å²) < 4.78 is 0. The average molecular weight is 335 g/mol. The molecule has 0 aliphatic carbocycles. The molecule has 3 N–H and O–H groups in total. The Morgan fingerprint density at radius 2 is 1.65 bits per heavy atom. The molecule has 2 rings (SSSR count). The number of aromatic nitrogens is 4. The fraction of sp³-hybridized carbons (Fsp3) is 0.400. The lowest BCUT2D eigenvalue weighted by Gasteiger charge is -2.10. The van der Waals surface area contributed by atoms with E-state index in [2.05, 4.69) is 25.3 Å². The van der Waals surface area contributed by atoms with Crippen molar-refractivity contribution in [2.75, 3.05) is 11.1 Å². The van der Waals surface area contributed by atoms with Crippen LogP contribution in [0.1, 0.15) is 61.4 Å². The predicted molar refractivity (Wildman–Crippen MR) is 89.6 cm³/mol. The SMILES string of the molecule is CC(C)c1cc(C(=O)Nc2nc(Cl)cc(C(C)C)n2)nc(N)n1. The van der Waals surface area contributed by atoms with Gasteiger partial charge >= 0.3 is 0 Å². The highest BCUT2D eigenvalue weighted by molar-refractivity contribution is 6.29. The molecule has 2 aromatic rings. The molecule has 0 radical (unpaired) electrons. The molecule has 0 aliphatic rings. The Hall–Kier alpha value is -2.28. The zero-order chi connectivity index (χ0) is 17.1. The van der Waals surface area contributed by atoms with Crippen LogP contribution in [0.2, 0.25) is 5.15 Å². The first-order valence-electron chi connectivity index (χ1n) is 7.26. The van der Waals surface area contributed by atoms with E-state index in [0.717, 1.165) is 5.69 Å². The number of nitrogens with zero attached hydrogens (tertiary/aromatic N) is 4. The molecule has 0 atom stereocenters. The van der Waals surface area contributed by atoms with Gasteiger partial charge in [-0.1, -0.05) is 39.3 Å². The van der Waals surface area contributed by atoms with Crippen LogP contribution in [0.15, 0.2) is 12.1 Å². The van der Waals surface area contributed by atoms with Gasteiger partial charge in [-0.15, -0.1) is 0 Å². The maximum absolute atomic E-state index is 12.4. The van der Waals surface area contributed by atoms with Crippen LogP contribution >= 0.6 is 11.6 Å². The molecule has 122 valence electrons. The second kappa shape index (κ2) is 6.87. The Kier molecular flexibility index (Phi) is 5.10. The maximum atomic E-state index is 12.4. The molecule has 2 aromatic heterocycles. The third kappa shape index (κ3) is 4.35. The monoisotopic (exact) mass is 334 g/mol. The van der Waals surface area contributed by atoms with Gasteiger partial charge in [0.15, 0.2) is 0 Å². The van der Waals surface area contributed by atoms with E-state index in [1.54, 1.807) is 12.1 Å². The third-order valence-electron chi connectivity index (χ3n) is 3.12. The number of carbonyl (C=O) groups is 1. The number of hydrogen-bond donors (Lipinski definition) is 2. The van der Waals surface area contributed by atoms with E-state index in [-0.39, 0.29) is 34.6 Å². The van der Waals surface area contributed by atoms with Gasteiger partial charge in [0.2, 0.25) is 11.9 Å². The zero-order valence-corrected chi connectivity index (χ0v) is 14.2. The number of nitrogens with one attached hydrogen (secondary N) is 1. The lowest BCUT2D eigenvalue weighted by Crippen LogP contribution is -2.18. The van der Waals surface area contributed by atoms with Crippen molar-refractivity contribution in [3.8, 4) is 0 Å². The summed E-state index contributed by atoms with van der Waals surface area (Å²) in [7, 11) is 0. The zero-order valence-electron chi connectivity index (χ0n) is 13.5. The molecule has 0 saturated heterocycles. The summed E-state index contributed by atoms with van der Waals surface area (Å²) in [6.45, 7) is 7.87. The molecule has 0 spiro atoms. The Morgan fingerprint density at radius 1 is 1.04 bits per heavy atom. The predicted octanol–water partition coefficient (Wildman–Crippen LogP) is 3.00. The lowest BCUT2D eigenvalue weighted by atomic mass is 10.1. The molecule has 0 fully saturated rings. The minimum atomic E-state index is -0.460. The van der Waals surface area contributed by atoms with Crippen LogP contribution in [-0.4, -0.2) is 25.8 Å². The van der Waals surface area contributed by atoms with Gasteiger partial charge in [-0.2, -0.15) is 0 Å². The quantitative estimate of drug-likeness (QED) is 0.832. The van der Waals surface area contributed by atoms with E-state index < -0.39 is 5.91 Å². The molecule has 0 aliphatic heterocycles. The van der Waals surface area contributed by atoms with Crippen molar-refractivity contribution in [1.82, 2.24) is 19.9 Å². The maximum Gasteiger partial charge on any atom is 0.276 e. The highest BCUT2D eigenvalue weighted by atomic mass is 35.5. The Labute approximate surface area is 139 Å². The minimum Gasteiger partial charge on any atom is -0.368 e. The Morgan fingerprint density at radius 3 is 2.26 bits per heavy atom.